The van der Waals surface area contributed by atoms with Gasteiger partial charge in [-0.1, -0.05) is 59.6 Å². The van der Waals surface area contributed by atoms with Crippen LogP contribution in [0.4, 0.5) is 5.69 Å². The average Bonchev–Trinajstić information content (AvgIpc) is 2.70. The molecule has 0 radical (unpaired) electrons. The van der Waals surface area contributed by atoms with Crippen LogP contribution in [0.3, 0.4) is 0 Å². The van der Waals surface area contributed by atoms with Crippen molar-refractivity contribution in [2.24, 2.45) is 0 Å². The third-order valence-electron chi connectivity index (χ3n) is 3.75. The van der Waals surface area contributed by atoms with Crippen molar-refractivity contribution in [1.82, 2.24) is 5.32 Å². The van der Waals surface area contributed by atoms with Gasteiger partial charge in [0.15, 0.2) is 5.11 Å². The van der Waals surface area contributed by atoms with Gasteiger partial charge in [0.2, 0.25) is 0 Å². The van der Waals surface area contributed by atoms with Crippen LogP contribution in [-0.2, 0) is 6.61 Å². The Morgan fingerprint density at radius 2 is 1.75 bits per heavy atom. The first-order valence-electron chi connectivity index (χ1n) is 8.35. The monoisotopic (exact) mass is 430 g/mol. The molecule has 0 spiro atoms. The molecule has 0 heterocycles. The van der Waals surface area contributed by atoms with Gasteiger partial charge in [0, 0.05) is 10.6 Å². The van der Waals surface area contributed by atoms with Gasteiger partial charge in [0.1, 0.15) is 12.4 Å². The highest BCUT2D eigenvalue weighted by atomic mass is 35.5. The third kappa shape index (κ3) is 5.70. The topological polar surface area (TPSA) is 50.4 Å². The lowest BCUT2D eigenvalue weighted by Gasteiger charge is -2.12. The number of carbonyl (C=O) groups excluding carboxylic acids is 1. The molecule has 142 valence electrons. The maximum absolute atomic E-state index is 12.5. The van der Waals surface area contributed by atoms with E-state index in [0.717, 1.165) is 5.56 Å². The fourth-order valence-electron chi connectivity index (χ4n) is 2.39. The number of hydrogen-bond acceptors (Lipinski definition) is 3. The van der Waals surface area contributed by atoms with E-state index >= 15 is 0 Å². The lowest BCUT2D eigenvalue weighted by Crippen LogP contribution is -2.34. The maximum Gasteiger partial charge on any atom is 0.257 e. The number of hydrogen-bond donors (Lipinski definition) is 2. The summed E-state index contributed by atoms with van der Waals surface area (Å²) in [4.78, 5) is 12.5. The smallest absolute Gasteiger partial charge is 0.257 e. The van der Waals surface area contributed by atoms with Gasteiger partial charge in [-0.3, -0.25) is 10.1 Å². The van der Waals surface area contributed by atoms with Crippen LogP contribution in [0, 0.1) is 0 Å². The molecule has 3 aromatic rings. The van der Waals surface area contributed by atoms with E-state index < -0.39 is 0 Å². The summed E-state index contributed by atoms with van der Waals surface area (Å²) in [7, 11) is 0. The lowest BCUT2D eigenvalue weighted by molar-refractivity contribution is 0.0977. The summed E-state index contributed by atoms with van der Waals surface area (Å²) in [5.74, 6) is 0.231. The van der Waals surface area contributed by atoms with Crippen molar-refractivity contribution in [2.45, 2.75) is 6.61 Å². The Kier molecular flexibility index (Phi) is 6.87. The molecule has 0 aromatic heterocycles. The van der Waals surface area contributed by atoms with Crippen molar-refractivity contribution in [3.8, 4) is 5.75 Å². The standard InChI is InChI=1S/C21H16Cl2N2O2S/c22-16-9-10-18(23)19(12-16)24-21(28)25-20(26)15-7-4-8-17(11-15)27-13-14-5-2-1-3-6-14/h1-12H,13H2,(H2,24,25,26,28). The molecule has 3 rings (SSSR count). The van der Waals surface area contributed by atoms with E-state index in [4.69, 9.17) is 40.2 Å². The minimum Gasteiger partial charge on any atom is -0.489 e. The Bertz CT molecular complexity index is 997. The molecule has 0 unspecified atom stereocenters. The minimum atomic E-state index is -0.360. The van der Waals surface area contributed by atoms with Gasteiger partial charge >= 0.3 is 0 Å². The van der Waals surface area contributed by atoms with Gasteiger partial charge in [-0.15, -0.1) is 0 Å². The Labute approximate surface area is 178 Å². The van der Waals surface area contributed by atoms with Crippen molar-refractivity contribution in [2.75, 3.05) is 5.32 Å². The van der Waals surface area contributed by atoms with Crippen LogP contribution >= 0.6 is 35.4 Å². The Morgan fingerprint density at radius 3 is 2.54 bits per heavy atom. The number of rotatable bonds is 5. The highest BCUT2D eigenvalue weighted by molar-refractivity contribution is 7.80. The molecule has 0 aliphatic heterocycles. The number of nitrogens with one attached hydrogen (secondary N) is 2. The lowest BCUT2D eigenvalue weighted by atomic mass is 10.2. The van der Waals surface area contributed by atoms with Crippen LogP contribution in [0.2, 0.25) is 10.0 Å². The summed E-state index contributed by atoms with van der Waals surface area (Å²) < 4.78 is 5.75. The van der Waals surface area contributed by atoms with E-state index in [2.05, 4.69) is 10.6 Å². The van der Waals surface area contributed by atoms with E-state index in [0.29, 0.717) is 33.7 Å². The van der Waals surface area contributed by atoms with Gasteiger partial charge < -0.3 is 10.1 Å². The van der Waals surface area contributed by atoms with E-state index in [1.54, 1.807) is 42.5 Å². The molecule has 0 fully saturated rings. The van der Waals surface area contributed by atoms with Gasteiger partial charge in [0.05, 0.1) is 10.7 Å². The summed E-state index contributed by atoms with van der Waals surface area (Å²) in [5.41, 5.74) is 1.98. The number of carbonyl (C=O) groups is 1. The van der Waals surface area contributed by atoms with E-state index in [1.165, 1.54) is 0 Å². The minimum absolute atomic E-state index is 0.116. The van der Waals surface area contributed by atoms with Crippen LogP contribution in [0.1, 0.15) is 15.9 Å². The zero-order valence-corrected chi connectivity index (χ0v) is 16.9. The molecule has 0 aliphatic carbocycles. The number of amides is 1. The third-order valence-corrected chi connectivity index (χ3v) is 4.52. The summed E-state index contributed by atoms with van der Waals surface area (Å²) >= 11 is 17.2. The molecule has 7 heteroatoms. The fourth-order valence-corrected chi connectivity index (χ4v) is 2.93. The summed E-state index contributed by atoms with van der Waals surface area (Å²) in [5, 5.41) is 6.54. The fraction of sp³-hybridized carbons (Fsp3) is 0.0476. The highest BCUT2D eigenvalue weighted by Crippen LogP contribution is 2.25. The maximum atomic E-state index is 12.5. The molecule has 0 saturated carbocycles. The summed E-state index contributed by atoms with van der Waals surface area (Å²) in [6, 6.07) is 21.6. The van der Waals surface area contributed by atoms with Crippen molar-refractivity contribution in [3.05, 3.63) is 94.0 Å². The van der Waals surface area contributed by atoms with Crippen LogP contribution in [-0.4, -0.2) is 11.0 Å². The Hall–Kier alpha value is -2.60. The molecule has 28 heavy (non-hydrogen) atoms. The number of anilines is 1. The van der Waals surface area contributed by atoms with Crippen LogP contribution < -0.4 is 15.4 Å². The van der Waals surface area contributed by atoms with Crippen LogP contribution in [0.25, 0.3) is 0 Å². The molecular weight excluding hydrogens is 415 g/mol. The molecule has 2 N–H and O–H groups in total. The SMILES string of the molecule is O=C(NC(=S)Nc1cc(Cl)ccc1Cl)c1cccc(OCc2ccccc2)c1. The van der Waals surface area contributed by atoms with E-state index in [1.807, 2.05) is 30.3 Å². The van der Waals surface area contributed by atoms with Gasteiger partial charge in [-0.25, -0.2) is 0 Å². The second-order valence-corrected chi connectivity index (χ2v) is 7.09. The summed E-state index contributed by atoms with van der Waals surface area (Å²) in [6.07, 6.45) is 0. The zero-order chi connectivity index (χ0) is 19.9. The predicted molar refractivity (Wildman–Crippen MR) is 117 cm³/mol. The number of halogens is 2. The summed E-state index contributed by atoms with van der Waals surface area (Å²) in [6.45, 7) is 0.416. The van der Waals surface area contributed by atoms with Crippen LogP contribution in [0.15, 0.2) is 72.8 Å². The molecule has 0 atom stereocenters. The van der Waals surface area contributed by atoms with E-state index in [9.17, 15) is 4.79 Å². The highest BCUT2D eigenvalue weighted by Gasteiger charge is 2.11. The number of thiocarbonyl (C=S) groups is 1. The first-order valence-corrected chi connectivity index (χ1v) is 9.52. The Morgan fingerprint density at radius 1 is 0.964 bits per heavy atom. The van der Waals surface area contributed by atoms with Crippen molar-refractivity contribution in [1.29, 1.82) is 0 Å². The first-order chi connectivity index (χ1) is 13.5. The van der Waals surface area contributed by atoms with Gasteiger partial charge in [0.25, 0.3) is 5.91 Å². The van der Waals surface area contributed by atoms with Gasteiger partial charge in [-0.2, -0.15) is 0 Å². The van der Waals surface area contributed by atoms with E-state index in [-0.39, 0.29) is 11.0 Å². The average molecular weight is 431 g/mol. The predicted octanol–water partition coefficient (Wildman–Crippen LogP) is 5.70. The molecule has 4 nitrogen and oxygen atoms in total. The van der Waals surface area contributed by atoms with Crippen LogP contribution in [0.5, 0.6) is 5.75 Å². The largest absolute Gasteiger partial charge is 0.489 e. The molecule has 0 saturated heterocycles. The normalized spacial score (nSPS) is 10.2. The second-order valence-electron chi connectivity index (χ2n) is 5.83. The molecule has 1 amide bonds. The van der Waals surface area contributed by atoms with Crippen molar-refractivity contribution < 1.29 is 9.53 Å². The zero-order valence-electron chi connectivity index (χ0n) is 14.6. The quantitative estimate of drug-likeness (QED) is 0.509. The molecule has 3 aromatic carbocycles. The second kappa shape index (κ2) is 9.55. The first kappa shape index (κ1) is 20.1. The van der Waals surface area contributed by atoms with Gasteiger partial charge in [-0.05, 0) is 54.2 Å². The molecular formula is C21H16Cl2N2O2S. The van der Waals surface area contributed by atoms with Crippen molar-refractivity contribution >= 4 is 52.1 Å². The Balaban J connectivity index is 1.60. The molecule has 0 aliphatic rings. The number of ether oxygens (including phenoxy) is 1. The van der Waals surface area contributed by atoms with Crippen molar-refractivity contribution in [3.63, 3.8) is 0 Å². The molecule has 0 bridgehead atoms. The number of benzene rings is 3.